The lowest BCUT2D eigenvalue weighted by atomic mass is 10.2. The van der Waals surface area contributed by atoms with E-state index in [-0.39, 0.29) is 0 Å². The number of hydrogen-bond acceptors (Lipinski definition) is 2. The maximum Gasteiger partial charge on any atom is 0.133 e. The number of halogens is 1. The molecule has 1 heterocycles. The highest BCUT2D eigenvalue weighted by atomic mass is 79.9. The fourth-order valence-corrected chi connectivity index (χ4v) is 2.68. The second-order valence-corrected chi connectivity index (χ2v) is 5.32. The molecular formula is C15H19BrN2O. The molecule has 2 rings (SSSR count). The first-order valence-electron chi connectivity index (χ1n) is 6.56. The Hall–Kier alpha value is -1.29. The molecule has 1 aromatic heterocycles. The highest BCUT2D eigenvalue weighted by Crippen LogP contribution is 2.26. The number of methoxy groups -OCH3 is 1. The van der Waals surface area contributed by atoms with Crippen molar-refractivity contribution in [2.75, 3.05) is 7.11 Å². The molecule has 0 aliphatic heterocycles. The predicted octanol–water partition coefficient (Wildman–Crippen LogP) is 3.83. The van der Waals surface area contributed by atoms with Crippen LogP contribution in [0.4, 0.5) is 0 Å². The van der Waals surface area contributed by atoms with Crippen LogP contribution in [-0.4, -0.2) is 16.9 Å². The molecule has 0 saturated heterocycles. The predicted molar refractivity (Wildman–Crippen MR) is 80.8 cm³/mol. The molecule has 0 aliphatic carbocycles. The fraction of sp³-hybridized carbons (Fsp3) is 0.400. The molecule has 0 atom stereocenters. The molecule has 0 saturated carbocycles. The summed E-state index contributed by atoms with van der Waals surface area (Å²) in [6.07, 6.45) is 1.98. The summed E-state index contributed by atoms with van der Waals surface area (Å²) in [5, 5.41) is 4.64. The third kappa shape index (κ3) is 3.18. The second kappa shape index (κ2) is 6.24. The van der Waals surface area contributed by atoms with Gasteiger partial charge in [0.25, 0.3) is 0 Å². The number of hydrogen-bond donors (Lipinski definition) is 0. The van der Waals surface area contributed by atoms with Crippen LogP contribution in [0.3, 0.4) is 0 Å². The molecule has 0 amide bonds. The standard InChI is InChI=1S/C15H19BrN2O/c1-4-12-9-13(5-2)18(17-12)10-11-6-7-15(19-3)14(16)8-11/h6-9H,4-5,10H2,1-3H3. The van der Waals surface area contributed by atoms with E-state index < -0.39 is 0 Å². The van der Waals surface area contributed by atoms with Crippen LogP contribution >= 0.6 is 15.9 Å². The van der Waals surface area contributed by atoms with E-state index in [0.717, 1.165) is 35.3 Å². The zero-order valence-electron chi connectivity index (χ0n) is 11.6. The molecule has 4 heteroatoms. The first kappa shape index (κ1) is 14.1. The molecule has 0 unspecified atom stereocenters. The summed E-state index contributed by atoms with van der Waals surface area (Å²) in [6, 6.07) is 8.34. The summed E-state index contributed by atoms with van der Waals surface area (Å²) in [4.78, 5) is 0. The van der Waals surface area contributed by atoms with Gasteiger partial charge in [-0.3, -0.25) is 4.68 Å². The van der Waals surface area contributed by atoms with Crippen molar-refractivity contribution in [2.24, 2.45) is 0 Å². The molecule has 102 valence electrons. The Bertz CT molecular complexity index is 563. The second-order valence-electron chi connectivity index (χ2n) is 4.46. The Kier molecular flexibility index (Phi) is 4.64. The number of aryl methyl sites for hydroxylation is 2. The van der Waals surface area contributed by atoms with Crippen molar-refractivity contribution in [3.05, 3.63) is 45.7 Å². The van der Waals surface area contributed by atoms with Crippen molar-refractivity contribution in [3.8, 4) is 5.75 Å². The molecule has 1 aromatic carbocycles. The van der Waals surface area contributed by atoms with Crippen LogP contribution in [0.1, 0.15) is 30.8 Å². The Morgan fingerprint density at radius 3 is 2.58 bits per heavy atom. The van der Waals surface area contributed by atoms with Gasteiger partial charge in [0.15, 0.2) is 0 Å². The quantitative estimate of drug-likeness (QED) is 0.836. The maximum absolute atomic E-state index is 5.25. The zero-order chi connectivity index (χ0) is 13.8. The summed E-state index contributed by atoms with van der Waals surface area (Å²) < 4.78 is 8.32. The summed E-state index contributed by atoms with van der Waals surface area (Å²) in [6.45, 7) is 5.10. The molecule has 0 N–H and O–H groups in total. The van der Waals surface area contributed by atoms with E-state index in [2.05, 4.69) is 57.8 Å². The van der Waals surface area contributed by atoms with Gasteiger partial charge in [0, 0.05) is 5.69 Å². The number of ether oxygens (including phenoxy) is 1. The topological polar surface area (TPSA) is 27.1 Å². The molecule has 0 fully saturated rings. The number of rotatable bonds is 5. The fourth-order valence-electron chi connectivity index (χ4n) is 2.09. The number of benzene rings is 1. The van der Waals surface area contributed by atoms with Gasteiger partial charge in [-0.1, -0.05) is 19.9 Å². The zero-order valence-corrected chi connectivity index (χ0v) is 13.2. The van der Waals surface area contributed by atoms with Gasteiger partial charge in [-0.05, 0) is 52.5 Å². The van der Waals surface area contributed by atoms with E-state index in [1.165, 1.54) is 11.3 Å². The SMILES string of the molecule is CCc1cc(CC)n(Cc2ccc(OC)c(Br)c2)n1. The first-order chi connectivity index (χ1) is 9.17. The van der Waals surface area contributed by atoms with Crippen LogP contribution in [0.15, 0.2) is 28.7 Å². The summed E-state index contributed by atoms with van der Waals surface area (Å²) >= 11 is 3.52. The van der Waals surface area contributed by atoms with Gasteiger partial charge >= 0.3 is 0 Å². The third-order valence-electron chi connectivity index (χ3n) is 3.19. The molecule has 3 nitrogen and oxygen atoms in total. The summed E-state index contributed by atoms with van der Waals surface area (Å²) in [7, 11) is 1.68. The number of aromatic nitrogens is 2. The van der Waals surface area contributed by atoms with Gasteiger partial charge in [-0.25, -0.2) is 0 Å². The van der Waals surface area contributed by atoms with Crippen molar-refractivity contribution in [3.63, 3.8) is 0 Å². The Morgan fingerprint density at radius 2 is 2.00 bits per heavy atom. The van der Waals surface area contributed by atoms with E-state index in [1.807, 2.05) is 6.07 Å². The molecular weight excluding hydrogens is 304 g/mol. The lowest BCUT2D eigenvalue weighted by Gasteiger charge is -2.08. The summed E-state index contributed by atoms with van der Waals surface area (Å²) in [5.74, 6) is 0.856. The van der Waals surface area contributed by atoms with Crippen molar-refractivity contribution in [1.29, 1.82) is 0 Å². The Labute approximate surface area is 122 Å². The van der Waals surface area contributed by atoms with Crippen LogP contribution in [0.2, 0.25) is 0 Å². The van der Waals surface area contributed by atoms with Crippen molar-refractivity contribution >= 4 is 15.9 Å². The lowest BCUT2D eigenvalue weighted by Crippen LogP contribution is -2.06. The van der Waals surface area contributed by atoms with Crippen LogP contribution in [0.25, 0.3) is 0 Å². The normalized spacial score (nSPS) is 10.7. The minimum Gasteiger partial charge on any atom is -0.496 e. The van der Waals surface area contributed by atoms with Gasteiger partial charge in [0.1, 0.15) is 5.75 Å². The lowest BCUT2D eigenvalue weighted by molar-refractivity contribution is 0.412. The van der Waals surface area contributed by atoms with E-state index >= 15 is 0 Å². The van der Waals surface area contributed by atoms with Crippen LogP contribution in [-0.2, 0) is 19.4 Å². The molecule has 0 bridgehead atoms. The Balaban J connectivity index is 2.25. The monoisotopic (exact) mass is 322 g/mol. The van der Waals surface area contributed by atoms with Gasteiger partial charge in [-0.15, -0.1) is 0 Å². The van der Waals surface area contributed by atoms with E-state index in [1.54, 1.807) is 7.11 Å². The van der Waals surface area contributed by atoms with Gasteiger partial charge in [0.05, 0.1) is 23.8 Å². The van der Waals surface area contributed by atoms with Crippen LogP contribution < -0.4 is 4.74 Å². The average molecular weight is 323 g/mol. The molecule has 2 aromatic rings. The minimum absolute atomic E-state index is 0.797. The molecule has 19 heavy (non-hydrogen) atoms. The largest absolute Gasteiger partial charge is 0.496 e. The Morgan fingerprint density at radius 1 is 1.21 bits per heavy atom. The smallest absolute Gasteiger partial charge is 0.133 e. The van der Waals surface area contributed by atoms with Crippen molar-refractivity contribution in [2.45, 2.75) is 33.2 Å². The van der Waals surface area contributed by atoms with Crippen molar-refractivity contribution < 1.29 is 4.74 Å². The summed E-state index contributed by atoms with van der Waals surface area (Å²) in [5.41, 5.74) is 3.65. The van der Waals surface area contributed by atoms with Gasteiger partial charge < -0.3 is 4.74 Å². The van der Waals surface area contributed by atoms with Gasteiger partial charge in [0.2, 0.25) is 0 Å². The first-order valence-corrected chi connectivity index (χ1v) is 7.35. The van der Waals surface area contributed by atoms with E-state index in [9.17, 15) is 0 Å². The highest BCUT2D eigenvalue weighted by molar-refractivity contribution is 9.10. The highest BCUT2D eigenvalue weighted by Gasteiger charge is 2.07. The third-order valence-corrected chi connectivity index (χ3v) is 3.81. The average Bonchev–Trinajstić information content (AvgIpc) is 2.81. The minimum atomic E-state index is 0.797. The molecule has 0 radical (unpaired) electrons. The maximum atomic E-state index is 5.25. The van der Waals surface area contributed by atoms with Crippen LogP contribution in [0.5, 0.6) is 5.75 Å². The van der Waals surface area contributed by atoms with E-state index in [4.69, 9.17) is 4.74 Å². The van der Waals surface area contributed by atoms with Crippen molar-refractivity contribution in [1.82, 2.24) is 9.78 Å². The van der Waals surface area contributed by atoms with Crippen LogP contribution in [0, 0.1) is 0 Å². The molecule has 0 aliphatic rings. The number of nitrogens with zero attached hydrogens (tertiary/aromatic N) is 2. The molecule has 0 spiro atoms. The van der Waals surface area contributed by atoms with Gasteiger partial charge in [-0.2, -0.15) is 5.10 Å². The van der Waals surface area contributed by atoms with E-state index in [0.29, 0.717) is 0 Å².